The van der Waals surface area contributed by atoms with E-state index in [4.69, 9.17) is 0 Å². The Hall–Kier alpha value is -3.27. The van der Waals surface area contributed by atoms with E-state index in [0.717, 1.165) is 57.9 Å². The van der Waals surface area contributed by atoms with Crippen molar-refractivity contribution in [1.29, 1.82) is 0 Å². The molecule has 3 aliphatic heterocycles. The number of carboxylic acids is 1. The number of nitrogens with zero attached hydrogens (tertiary/aromatic N) is 4. The average Bonchev–Trinajstić information content (AvgIpc) is 3.02. The van der Waals surface area contributed by atoms with Crippen molar-refractivity contribution >= 4 is 23.5 Å². The molecule has 2 aromatic carbocycles. The van der Waals surface area contributed by atoms with Crippen molar-refractivity contribution in [2.24, 2.45) is 0 Å². The van der Waals surface area contributed by atoms with Crippen LogP contribution >= 0.6 is 0 Å². The van der Waals surface area contributed by atoms with E-state index < -0.39 is 11.9 Å². The van der Waals surface area contributed by atoms with Gasteiger partial charge in [-0.25, -0.2) is 0 Å². The third kappa shape index (κ3) is 5.69. The van der Waals surface area contributed by atoms with Crippen LogP contribution in [-0.4, -0.2) is 110 Å². The van der Waals surface area contributed by atoms with E-state index in [2.05, 4.69) is 15.1 Å². The highest BCUT2D eigenvalue weighted by Gasteiger charge is 2.35. The normalized spacial score (nSPS) is 20.8. The van der Waals surface area contributed by atoms with Gasteiger partial charge in [-0.2, -0.15) is 0 Å². The fraction of sp³-hybridized carbons (Fsp3) is 0.464. The van der Waals surface area contributed by atoms with Crippen molar-refractivity contribution in [2.75, 3.05) is 76.9 Å². The molecule has 0 aliphatic carbocycles. The van der Waals surface area contributed by atoms with Gasteiger partial charge < -0.3 is 15.3 Å². The van der Waals surface area contributed by atoms with Crippen LogP contribution in [0.4, 0.5) is 5.69 Å². The maximum atomic E-state index is 13.7. The topological polar surface area (TPSA) is 96.4 Å². The smallest absolute Gasteiger partial charge is 0.304 e. The maximum absolute atomic E-state index is 13.7. The van der Waals surface area contributed by atoms with Crippen LogP contribution in [0, 0.1) is 0 Å². The second kappa shape index (κ2) is 11.4. The molecule has 0 bridgehead atoms. The maximum Gasteiger partial charge on any atom is 0.304 e. The molecule has 2 amide bonds. The number of fused-ring (bicyclic) bond motifs is 2. The van der Waals surface area contributed by atoms with Crippen molar-refractivity contribution in [3.8, 4) is 0 Å². The molecule has 0 spiro atoms. The molecule has 2 N–H and O–H groups in total. The number of hydrogen-bond acceptors (Lipinski definition) is 6. The Kier molecular flexibility index (Phi) is 7.83. The second-order valence-corrected chi connectivity index (χ2v) is 10.0. The van der Waals surface area contributed by atoms with E-state index in [1.165, 1.54) is 4.90 Å². The summed E-state index contributed by atoms with van der Waals surface area (Å²) in [5, 5.41) is 13.0. The molecule has 0 saturated carbocycles. The Balaban J connectivity index is 1.29. The number of aliphatic carboxylic acids is 1. The first-order valence-corrected chi connectivity index (χ1v) is 13.2. The van der Waals surface area contributed by atoms with Gasteiger partial charge in [0.25, 0.3) is 5.91 Å². The van der Waals surface area contributed by atoms with Gasteiger partial charge in [0.1, 0.15) is 6.54 Å². The fourth-order valence-corrected chi connectivity index (χ4v) is 5.67. The number of carbonyl (C=O) groups is 3. The van der Waals surface area contributed by atoms with E-state index in [1.807, 2.05) is 41.3 Å². The molecular formula is C28H35N5O4. The van der Waals surface area contributed by atoms with E-state index in [1.54, 1.807) is 12.1 Å². The Morgan fingerprint density at radius 3 is 2.16 bits per heavy atom. The highest BCUT2D eigenvalue weighted by atomic mass is 16.4. The highest BCUT2D eigenvalue weighted by Crippen LogP contribution is 2.40. The quantitative estimate of drug-likeness (QED) is 0.586. The Labute approximate surface area is 217 Å². The van der Waals surface area contributed by atoms with E-state index in [-0.39, 0.29) is 24.8 Å². The van der Waals surface area contributed by atoms with Crippen molar-refractivity contribution in [3.05, 3.63) is 65.2 Å². The van der Waals surface area contributed by atoms with Crippen molar-refractivity contribution in [1.82, 2.24) is 20.0 Å². The number of carbonyl (C=O) groups excluding carboxylic acids is 2. The number of anilines is 1. The van der Waals surface area contributed by atoms with Gasteiger partial charge in [0.2, 0.25) is 5.91 Å². The standard InChI is InChI=1S/C28H35N5O4/c34-26(32-17-15-31(16-18-32)14-13-30-11-9-29-10-12-30)20-33-25-8-4-3-6-22(25)24(19-27(35)36)21-5-1-2-7-23(21)28(33)37/h1-8,24,29H,9-20H2,(H,35,36). The van der Waals surface area contributed by atoms with Gasteiger partial charge >= 0.3 is 5.97 Å². The lowest BCUT2D eigenvalue weighted by Gasteiger charge is -2.37. The number of benzene rings is 2. The van der Waals surface area contributed by atoms with Crippen LogP contribution in [0.15, 0.2) is 48.5 Å². The first-order valence-electron chi connectivity index (χ1n) is 13.2. The van der Waals surface area contributed by atoms with Crippen LogP contribution in [0.2, 0.25) is 0 Å². The Bertz CT molecular complexity index is 1140. The monoisotopic (exact) mass is 505 g/mol. The molecule has 2 aromatic rings. The van der Waals surface area contributed by atoms with Gasteiger partial charge in [0.15, 0.2) is 0 Å². The molecule has 0 aromatic heterocycles. The third-order valence-corrected chi connectivity index (χ3v) is 7.75. The first kappa shape index (κ1) is 25.4. The van der Waals surface area contributed by atoms with Crippen LogP contribution in [-0.2, 0) is 9.59 Å². The average molecular weight is 506 g/mol. The molecule has 0 radical (unpaired) electrons. The molecule has 3 heterocycles. The van der Waals surface area contributed by atoms with Gasteiger partial charge in [0.05, 0.1) is 6.42 Å². The number of para-hydroxylation sites is 1. The molecule has 5 rings (SSSR count). The van der Waals surface area contributed by atoms with Crippen molar-refractivity contribution in [2.45, 2.75) is 12.3 Å². The summed E-state index contributed by atoms with van der Waals surface area (Å²) in [6.45, 7) is 9.17. The van der Waals surface area contributed by atoms with Gasteiger partial charge in [-0.05, 0) is 23.3 Å². The van der Waals surface area contributed by atoms with Gasteiger partial charge in [-0.3, -0.25) is 29.1 Å². The van der Waals surface area contributed by atoms with E-state index in [9.17, 15) is 19.5 Å². The summed E-state index contributed by atoms with van der Waals surface area (Å²) in [5.41, 5.74) is 2.51. The number of amides is 2. The van der Waals surface area contributed by atoms with Crippen LogP contribution in [0.5, 0.6) is 0 Å². The molecule has 9 nitrogen and oxygen atoms in total. The first-order chi connectivity index (χ1) is 18.0. The Morgan fingerprint density at radius 1 is 0.838 bits per heavy atom. The van der Waals surface area contributed by atoms with Crippen molar-refractivity contribution in [3.63, 3.8) is 0 Å². The van der Waals surface area contributed by atoms with Gasteiger partial charge in [0, 0.05) is 82.6 Å². The zero-order valence-electron chi connectivity index (χ0n) is 21.1. The number of piperazine rings is 2. The largest absolute Gasteiger partial charge is 0.481 e. The molecular weight excluding hydrogens is 470 g/mol. The Morgan fingerprint density at radius 2 is 1.46 bits per heavy atom. The molecule has 1 atom stereocenters. The lowest BCUT2D eigenvalue weighted by atomic mass is 9.86. The number of hydrogen-bond donors (Lipinski definition) is 2. The molecule has 2 saturated heterocycles. The van der Waals surface area contributed by atoms with E-state index >= 15 is 0 Å². The summed E-state index contributed by atoms with van der Waals surface area (Å²) >= 11 is 0. The van der Waals surface area contributed by atoms with E-state index in [0.29, 0.717) is 29.9 Å². The summed E-state index contributed by atoms with van der Waals surface area (Å²) in [6, 6.07) is 14.5. The fourth-order valence-electron chi connectivity index (χ4n) is 5.67. The lowest BCUT2D eigenvalue weighted by Crippen LogP contribution is -2.53. The molecule has 196 valence electrons. The summed E-state index contributed by atoms with van der Waals surface area (Å²) in [5.74, 6) is -1.74. The zero-order valence-corrected chi connectivity index (χ0v) is 21.1. The van der Waals surface area contributed by atoms with Crippen LogP contribution in [0.25, 0.3) is 0 Å². The minimum absolute atomic E-state index is 0.0647. The van der Waals surface area contributed by atoms with Gasteiger partial charge in [-0.15, -0.1) is 0 Å². The predicted octanol–water partition coefficient (Wildman–Crippen LogP) is 1.30. The minimum Gasteiger partial charge on any atom is -0.481 e. The highest BCUT2D eigenvalue weighted by molar-refractivity contribution is 6.11. The van der Waals surface area contributed by atoms with Crippen LogP contribution < -0.4 is 10.2 Å². The van der Waals surface area contributed by atoms with Crippen molar-refractivity contribution < 1.29 is 19.5 Å². The lowest BCUT2D eigenvalue weighted by molar-refractivity contribution is -0.137. The van der Waals surface area contributed by atoms with Gasteiger partial charge in [-0.1, -0.05) is 36.4 Å². The summed E-state index contributed by atoms with van der Waals surface area (Å²) in [7, 11) is 0. The molecule has 1 unspecified atom stereocenters. The number of carboxylic acid groups (broad SMARTS) is 1. The molecule has 37 heavy (non-hydrogen) atoms. The summed E-state index contributed by atoms with van der Waals surface area (Å²) in [6.07, 6.45) is -0.126. The number of rotatable bonds is 7. The van der Waals surface area contributed by atoms with Crippen LogP contribution in [0.1, 0.15) is 33.8 Å². The second-order valence-electron chi connectivity index (χ2n) is 10.0. The molecule has 3 aliphatic rings. The summed E-state index contributed by atoms with van der Waals surface area (Å²) < 4.78 is 0. The minimum atomic E-state index is -0.929. The SMILES string of the molecule is O=C(O)CC1c2ccccc2C(=O)N(CC(=O)N2CCN(CCN3CCNCC3)CC2)c2ccccc21. The summed E-state index contributed by atoms with van der Waals surface area (Å²) in [4.78, 5) is 47.2. The zero-order chi connectivity index (χ0) is 25.8. The third-order valence-electron chi connectivity index (χ3n) is 7.75. The van der Waals surface area contributed by atoms with Crippen LogP contribution in [0.3, 0.4) is 0 Å². The predicted molar refractivity (Wildman–Crippen MR) is 141 cm³/mol. The molecule has 2 fully saturated rings. The number of nitrogens with one attached hydrogen (secondary N) is 1. The molecule has 9 heteroatoms.